The molecule has 1 aromatic carbocycles. The molecule has 0 aliphatic carbocycles. The first kappa shape index (κ1) is 16.2. The van der Waals surface area contributed by atoms with E-state index in [1.807, 2.05) is 0 Å². The topological polar surface area (TPSA) is 24.9 Å². The average molecular weight is 302 g/mol. The number of thiazole rings is 1. The zero-order valence-electron chi connectivity index (χ0n) is 13.5. The van der Waals surface area contributed by atoms with Crippen LogP contribution in [0.25, 0.3) is 0 Å². The van der Waals surface area contributed by atoms with E-state index in [0.29, 0.717) is 11.8 Å². The molecule has 2 rings (SSSR count). The van der Waals surface area contributed by atoms with Crippen LogP contribution in [0.3, 0.4) is 0 Å². The normalized spacial score (nSPS) is 12.8. The second-order valence-electron chi connectivity index (χ2n) is 6.19. The van der Waals surface area contributed by atoms with Crippen LogP contribution in [0.2, 0.25) is 0 Å². The summed E-state index contributed by atoms with van der Waals surface area (Å²) in [5.74, 6) is 1.18. The molecule has 0 aliphatic heterocycles. The molecule has 2 aromatic rings. The molecule has 114 valence electrons. The monoisotopic (exact) mass is 302 g/mol. The standard InChI is InChI=1S/C18H26N2S/c1-13(2)10-19-11-16(9-18-20-15(4)12-21-18)17-8-6-5-7-14(17)3/h5-8,12-13,16,19H,9-11H2,1-4H3. The van der Waals surface area contributed by atoms with Crippen molar-refractivity contribution in [2.75, 3.05) is 13.1 Å². The number of nitrogens with one attached hydrogen (secondary N) is 1. The third-order valence-electron chi connectivity index (χ3n) is 3.66. The molecule has 0 bridgehead atoms. The van der Waals surface area contributed by atoms with Gasteiger partial charge in [0.1, 0.15) is 0 Å². The lowest BCUT2D eigenvalue weighted by atomic mass is 9.92. The van der Waals surface area contributed by atoms with E-state index in [2.05, 4.69) is 67.6 Å². The van der Waals surface area contributed by atoms with Gasteiger partial charge in [-0.15, -0.1) is 11.3 Å². The summed E-state index contributed by atoms with van der Waals surface area (Å²) in [7, 11) is 0. The Hall–Kier alpha value is -1.19. The van der Waals surface area contributed by atoms with Gasteiger partial charge >= 0.3 is 0 Å². The highest BCUT2D eigenvalue weighted by molar-refractivity contribution is 7.09. The van der Waals surface area contributed by atoms with E-state index in [0.717, 1.165) is 25.2 Å². The molecule has 1 unspecified atom stereocenters. The molecule has 0 aliphatic rings. The van der Waals surface area contributed by atoms with E-state index < -0.39 is 0 Å². The fourth-order valence-corrected chi connectivity index (χ4v) is 3.44. The van der Waals surface area contributed by atoms with Crippen LogP contribution < -0.4 is 5.32 Å². The molecular formula is C18H26N2S. The summed E-state index contributed by atoms with van der Waals surface area (Å²) >= 11 is 1.78. The Morgan fingerprint density at radius 3 is 2.52 bits per heavy atom. The zero-order valence-corrected chi connectivity index (χ0v) is 14.3. The first-order chi connectivity index (χ1) is 10.1. The maximum absolute atomic E-state index is 4.64. The smallest absolute Gasteiger partial charge is 0.0934 e. The van der Waals surface area contributed by atoms with Gasteiger partial charge in [-0.2, -0.15) is 0 Å². The number of nitrogens with zero attached hydrogens (tertiary/aromatic N) is 1. The van der Waals surface area contributed by atoms with Gasteiger partial charge in [-0.3, -0.25) is 0 Å². The Bertz CT molecular complexity index is 560. The van der Waals surface area contributed by atoms with Crippen molar-refractivity contribution < 1.29 is 0 Å². The molecule has 3 heteroatoms. The number of aromatic nitrogens is 1. The summed E-state index contributed by atoms with van der Waals surface area (Å²) in [5.41, 5.74) is 3.96. The first-order valence-electron chi connectivity index (χ1n) is 7.73. The highest BCUT2D eigenvalue weighted by atomic mass is 32.1. The molecule has 1 aromatic heterocycles. The third kappa shape index (κ3) is 4.94. The molecule has 0 fully saturated rings. The molecule has 2 nitrogen and oxygen atoms in total. The summed E-state index contributed by atoms with van der Waals surface area (Å²) in [6, 6.07) is 8.73. The van der Waals surface area contributed by atoms with Gasteiger partial charge in [-0.25, -0.2) is 4.98 Å². The lowest BCUT2D eigenvalue weighted by Gasteiger charge is -2.20. The maximum Gasteiger partial charge on any atom is 0.0934 e. The predicted octanol–water partition coefficient (Wildman–Crippen LogP) is 4.33. The van der Waals surface area contributed by atoms with Crippen molar-refractivity contribution in [3.63, 3.8) is 0 Å². The lowest BCUT2D eigenvalue weighted by Crippen LogP contribution is -2.26. The highest BCUT2D eigenvalue weighted by Gasteiger charge is 2.16. The maximum atomic E-state index is 4.64. The van der Waals surface area contributed by atoms with Gasteiger partial charge in [0.15, 0.2) is 0 Å². The predicted molar refractivity (Wildman–Crippen MR) is 92.2 cm³/mol. The van der Waals surface area contributed by atoms with Crippen molar-refractivity contribution in [3.05, 3.63) is 51.5 Å². The zero-order chi connectivity index (χ0) is 15.2. The molecule has 1 heterocycles. The summed E-state index contributed by atoms with van der Waals surface area (Å²) in [6.07, 6.45) is 1.02. The Labute approximate surface area is 132 Å². The van der Waals surface area contributed by atoms with Crippen LogP contribution in [0.4, 0.5) is 0 Å². The van der Waals surface area contributed by atoms with Gasteiger partial charge in [0, 0.05) is 30.0 Å². The van der Waals surface area contributed by atoms with E-state index in [-0.39, 0.29) is 0 Å². The number of benzene rings is 1. The van der Waals surface area contributed by atoms with Gasteiger partial charge in [0.25, 0.3) is 0 Å². The van der Waals surface area contributed by atoms with E-state index in [1.54, 1.807) is 11.3 Å². The van der Waals surface area contributed by atoms with Crippen molar-refractivity contribution in [2.24, 2.45) is 5.92 Å². The van der Waals surface area contributed by atoms with Crippen LogP contribution in [0.5, 0.6) is 0 Å². The molecule has 21 heavy (non-hydrogen) atoms. The molecule has 1 atom stereocenters. The minimum atomic E-state index is 0.496. The van der Waals surface area contributed by atoms with Crippen LogP contribution in [0, 0.1) is 19.8 Å². The van der Waals surface area contributed by atoms with Crippen LogP contribution in [-0.4, -0.2) is 18.1 Å². The van der Waals surface area contributed by atoms with Crippen LogP contribution in [-0.2, 0) is 6.42 Å². The third-order valence-corrected chi connectivity index (χ3v) is 4.65. The van der Waals surface area contributed by atoms with Crippen LogP contribution in [0.1, 0.15) is 41.6 Å². The Kier molecular flexibility index (Phi) is 5.95. The Morgan fingerprint density at radius 1 is 1.14 bits per heavy atom. The van der Waals surface area contributed by atoms with E-state index in [9.17, 15) is 0 Å². The number of hydrogen-bond donors (Lipinski definition) is 1. The van der Waals surface area contributed by atoms with Gasteiger partial charge < -0.3 is 5.32 Å². The molecule has 1 N–H and O–H groups in total. The number of rotatable bonds is 7. The number of hydrogen-bond acceptors (Lipinski definition) is 3. The minimum absolute atomic E-state index is 0.496. The SMILES string of the molecule is Cc1csc(CC(CNCC(C)C)c2ccccc2C)n1. The van der Waals surface area contributed by atoms with E-state index >= 15 is 0 Å². The minimum Gasteiger partial charge on any atom is -0.316 e. The molecule has 0 radical (unpaired) electrons. The van der Waals surface area contributed by atoms with E-state index in [1.165, 1.54) is 16.1 Å². The van der Waals surface area contributed by atoms with Crippen molar-refractivity contribution in [2.45, 2.75) is 40.0 Å². The van der Waals surface area contributed by atoms with Gasteiger partial charge in [0.05, 0.1) is 5.01 Å². The largest absolute Gasteiger partial charge is 0.316 e. The summed E-state index contributed by atoms with van der Waals surface area (Å²) in [4.78, 5) is 4.64. The number of aryl methyl sites for hydroxylation is 2. The molecule has 0 saturated heterocycles. The molecule has 0 amide bonds. The van der Waals surface area contributed by atoms with Crippen molar-refractivity contribution >= 4 is 11.3 Å². The quantitative estimate of drug-likeness (QED) is 0.823. The van der Waals surface area contributed by atoms with Crippen molar-refractivity contribution in [1.82, 2.24) is 10.3 Å². The summed E-state index contributed by atoms with van der Waals surface area (Å²) in [5, 5.41) is 7.00. The lowest BCUT2D eigenvalue weighted by molar-refractivity contribution is 0.513. The summed E-state index contributed by atoms with van der Waals surface area (Å²) < 4.78 is 0. The molecule has 0 spiro atoms. The van der Waals surface area contributed by atoms with Crippen molar-refractivity contribution in [1.29, 1.82) is 0 Å². The Balaban J connectivity index is 2.12. The molecular weight excluding hydrogens is 276 g/mol. The molecule has 0 saturated carbocycles. The van der Waals surface area contributed by atoms with E-state index in [4.69, 9.17) is 0 Å². The van der Waals surface area contributed by atoms with Crippen LogP contribution >= 0.6 is 11.3 Å². The second-order valence-corrected chi connectivity index (χ2v) is 7.14. The first-order valence-corrected chi connectivity index (χ1v) is 8.61. The van der Waals surface area contributed by atoms with Crippen molar-refractivity contribution in [3.8, 4) is 0 Å². The van der Waals surface area contributed by atoms with Gasteiger partial charge in [-0.05, 0) is 37.4 Å². The second kappa shape index (κ2) is 7.71. The highest BCUT2D eigenvalue weighted by Crippen LogP contribution is 2.25. The fraction of sp³-hybridized carbons (Fsp3) is 0.500. The summed E-state index contributed by atoms with van der Waals surface area (Å²) in [6.45, 7) is 10.9. The van der Waals surface area contributed by atoms with Gasteiger partial charge in [-0.1, -0.05) is 38.1 Å². The van der Waals surface area contributed by atoms with Crippen LogP contribution in [0.15, 0.2) is 29.6 Å². The Morgan fingerprint density at radius 2 is 1.90 bits per heavy atom. The average Bonchev–Trinajstić information content (AvgIpc) is 2.83. The fourth-order valence-electron chi connectivity index (χ4n) is 2.59. The van der Waals surface area contributed by atoms with Gasteiger partial charge in [0.2, 0.25) is 0 Å².